The smallest absolute Gasteiger partial charge is 0.410 e. The molecule has 2 aromatic rings. The lowest BCUT2D eigenvalue weighted by Crippen LogP contribution is -2.39. The number of fused-ring (bicyclic) bond motifs is 1. The monoisotopic (exact) mass is 398 g/mol. The van der Waals surface area contributed by atoms with Gasteiger partial charge in [0, 0.05) is 19.6 Å². The zero-order valence-electron chi connectivity index (χ0n) is 17.7. The molecule has 1 aromatic heterocycles. The Morgan fingerprint density at radius 2 is 2.00 bits per heavy atom. The van der Waals surface area contributed by atoms with Crippen LogP contribution in [0.4, 0.5) is 4.79 Å². The van der Waals surface area contributed by atoms with E-state index in [4.69, 9.17) is 9.72 Å². The van der Waals surface area contributed by atoms with Crippen LogP contribution in [0.25, 0.3) is 11.0 Å². The van der Waals surface area contributed by atoms with Gasteiger partial charge in [0.1, 0.15) is 11.4 Å². The van der Waals surface area contributed by atoms with Gasteiger partial charge in [0.25, 0.3) is 0 Å². The first-order valence-electron chi connectivity index (χ1n) is 10.5. The number of carbonyl (C=O) groups is 2. The summed E-state index contributed by atoms with van der Waals surface area (Å²) in [4.78, 5) is 37.4. The fourth-order valence-electron chi connectivity index (χ4n) is 4.30. The molecule has 7 nitrogen and oxygen atoms in total. The molecule has 4 rings (SSSR count). The van der Waals surface area contributed by atoms with Crippen LogP contribution in [0, 0.1) is 12.8 Å². The van der Waals surface area contributed by atoms with Gasteiger partial charge < -0.3 is 19.5 Å². The highest BCUT2D eigenvalue weighted by molar-refractivity contribution is 5.82. The Labute approximate surface area is 171 Å². The first kappa shape index (κ1) is 19.7. The molecule has 2 aliphatic heterocycles. The molecule has 2 amide bonds. The van der Waals surface area contributed by atoms with E-state index < -0.39 is 5.60 Å². The number of hydrogen-bond donors (Lipinski definition) is 1. The zero-order valence-corrected chi connectivity index (χ0v) is 17.7. The Morgan fingerprint density at radius 1 is 1.21 bits per heavy atom. The molecule has 0 spiro atoms. The summed E-state index contributed by atoms with van der Waals surface area (Å²) in [7, 11) is 0. The van der Waals surface area contributed by atoms with E-state index in [1.807, 2.05) is 37.8 Å². The molecule has 0 saturated carbocycles. The molecular formula is C22H30N4O3. The maximum absolute atomic E-state index is 13.3. The first-order valence-corrected chi connectivity index (χ1v) is 10.5. The van der Waals surface area contributed by atoms with Crippen LogP contribution in [0.2, 0.25) is 0 Å². The van der Waals surface area contributed by atoms with Gasteiger partial charge in [-0.15, -0.1) is 0 Å². The molecule has 7 heteroatoms. The number of aromatic nitrogens is 2. The van der Waals surface area contributed by atoms with Crippen molar-refractivity contribution in [3.63, 3.8) is 0 Å². The highest BCUT2D eigenvalue weighted by Gasteiger charge is 2.40. The predicted octanol–water partition coefficient (Wildman–Crippen LogP) is 3.79. The van der Waals surface area contributed by atoms with Crippen LogP contribution >= 0.6 is 0 Å². The van der Waals surface area contributed by atoms with E-state index >= 15 is 0 Å². The minimum absolute atomic E-state index is 0.0224. The van der Waals surface area contributed by atoms with Crippen LogP contribution in [0.15, 0.2) is 18.2 Å². The number of benzene rings is 1. The third-order valence-electron chi connectivity index (χ3n) is 5.70. The van der Waals surface area contributed by atoms with E-state index in [1.165, 1.54) is 5.56 Å². The molecule has 0 aliphatic carbocycles. The molecule has 2 fully saturated rings. The quantitative estimate of drug-likeness (QED) is 0.835. The van der Waals surface area contributed by atoms with Crippen molar-refractivity contribution in [2.24, 2.45) is 5.92 Å². The summed E-state index contributed by atoms with van der Waals surface area (Å²) < 4.78 is 5.46. The number of likely N-dealkylation sites (tertiary alicyclic amines) is 2. The van der Waals surface area contributed by atoms with Crippen LogP contribution < -0.4 is 0 Å². The molecule has 3 heterocycles. The normalized spacial score (nSPS) is 22.5. The summed E-state index contributed by atoms with van der Waals surface area (Å²) >= 11 is 0. The number of nitrogens with zero attached hydrogens (tertiary/aromatic N) is 3. The molecule has 29 heavy (non-hydrogen) atoms. The number of imidazole rings is 1. The summed E-state index contributed by atoms with van der Waals surface area (Å²) in [6, 6.07) is 6.13. The maximum Gasteiger partial charge on any atom is 0.410 e. The number of rotatable bonds is 2. The Balaban J connectivity index is 1.46. The van der Waals surface area contributed by atoms with Gasteiger partial charge in [-0.25, -0.2) is 9.78 Å². The van der Waals surface area contributed by atoms with Gasteiger partial charge in [-0.05, 0) is 64.7 Å². The lowest BCUT2D eigenvalue weighted by molar-refractivity contribution is -0.136. The summed E-state index contributed by atoms with van der Waals surface area (Å²) in [5.74, 6) is 0.809. The first-order chi connectivity index (χ1) is 13.7. The van der Waals surface area contributed by atoms with Crippen LogP contribution in [-0.2, 0) is 9.53 Å². The number of amides is 2. The van der Waals surface area contributed by atoms with Crippen molar-refractivity contribution in [2.75, 3.05) is 19.6 Å². The summed E-state index contributed by atoms with van der Waals surface area (Å²) in [5.41, 5.74) is 2.59. The summed E-state index contributed by atoms with van der Waals surface area (Å²) in [6.45, 7) is 9.35. The minimum Gasteiger partial charge on any atom is -0.444 e. The fraction of sp³-hybridized carbons (Fsp3) is 0.591. The summed E-state index contributed by atoms with van der Waals surface area (Å²) in [6.07, 6.45) is 2.22. The maximum atomic E-state index is 13.3. The molecule has 156 valence electrons. The molecule has 2 saturated heterocycles. The lowest BCUT2D eigenvalue weighted by Gasteiger charge is -2.27. The summed E-state index contributed by atoms with van der Waals surface area (Å²) in [5, 5.41) is 0. The fourth-order valence-corrected chi connectivity index (χ4v) is 4.30. The van der Waals surface area contributed by atoms with Gasteiger partial charge in [-0.2, -0.15) is 0 Å². The van der Waals surface area contributed by atoms with Gasteiger partial charge in [-0.1, -0.05) is 6.07 Å². The van der Waals surface area contributed by atoms with Crippen LogP contribution in [0.1, 0.15) is 57.5 Å². The van der Waals surface area contributed by atoms with E-state index in [0.29, 0.717) is 19.5 Å². The van der Waals surface area contributed by atoms with Crippen molar-refractivity contribution in [3.05, 3.63) is 29.6 Å². The number of carbonyl (C=O) groups excluding carboxylic acids is 2. The van der Waals surface area contributed by atoms with Crippen LogP contribution in [0.3, 0.4) is 0 Å². The Hall–Kier alpha value is -2.57. The third kappa shape index (κ3) is 4.09. The minimum atomic E-state index is -0.529. The zero-order chi connectivity index (χ0) is 20.8. The van der Waals surface area contributed by atoms with E-state index in [-0.39, 0.29) is 24.0 Å². The Morgan fingerprint density at radius 3 is 2.76 bits per heavy atom. The second-order valence-corrected chi connectivity index (χ2v) is 9.24. The van der Waals surface area contributed by atoms with Gasteiger partial charge in [-0.3, -0.25) is 4.79 Å². The molecule has 2 aliphatic rings. The topological polar surface area (TPSA) is 78.5 Å². The van der Waals surface area contributed by atoms with Crippen LogP contribution in [0.5, 0.6) is 0 Å². The van der Waals surface area contributed by atoms with Crippen LogP contribution in [-0.4, -0.2) is 57.0 Å². The average molecular weight is 399 g/mol. The molecular weight excluding hydrogens is 368 g/mol. The molecule has 1 aromatic carbocycles. The number of hydrogen-bond acceptors (Lipinski definition) is 4. The Kier molecular flexibility index (Phi) is 5.00. The second-order valence-electron chi connectivity index (χ2n) is 9.24. The number of aromatic amines is 1. The van der Waals surface area contributed by atoms with Crippen molar-refractivity contribution >= 4 is 23.0 Å². The highest BCUT2D eigenvalue weighted by atomic mass is 16.6. The van der Waals surface area contributed by atoms with Gasteiger partial charge >= 0.3 is 6.09 Å². The predicted molar refractivity (Wildman–Crippen MR) is 110 cm³/mol. The third-order valence-corrected chi connectivity index (χ3v) is 5.70. The standard InChI is InChI=1S/C22H30N4O3/c1-14-7-8-16-17(12-14)24-19(23-16)18-6-5-10-26(18)20(27)15-9-11-25(13-15)21(28)29-22(2,3)4/h7-8,12,15,18H,5-6,9-11,13H2,1-4H3,(H,23,24)/t15-,18+/m1/s1. The molecule has 0 bridgehead atoms. The van der Waals surface area contributed by atoms with Crippen molar-refractivity contribution in [1.82, 2.24) is 19.8 Å². The number of H-pyrrole nitrogens is 1. The van der Waals surface area contributed by atoms with E-state index in [1.54, 1.807) is 4.90 Å². The van der Waals surface area contributed by atoms with Gasteiger partial charge in [0.2, 0.25) is 5.91 Å². The molecule has 2 atom stereocenters. The average Bonchev–Trinajstić information content (AvgIpc) is 3.37. The molecule has 0 radical (unpaired) electrons. The highest BCUT2D eigenvalue weighted by Crippen LogP contribution is 2.34. The number of ether oxygens (including phenoxy) is 1. The van der Waals surface area contributed by atoms with Crippen molar-refractivity contribution in [2.45, 2.75) is 58.6 Å². The van der Waals surface area contributed by atoms with E-state index in [9.17, 15) is 9.59 Å². The van der Waals surface area contributed by atoms with E-state index in [2.05, 4.69) is 18.0 Å². The molecule has 1 N–H and O–H groups in total. The van der Waals surface area contributed by atoms with Crippen molar-refractivity contribution < 1.29 is 14.3 Å². The van der Waals surface area contributed by atoms with Gasteiger partial charge in [0.15, 0.2) is 0 Å². The van der Waals surface area contributed by atoms with E-state index in [0.717, 1.165) is 36.2 Å². The Bertz CT molecular complexity index is 930. The largest absolute Gasteiger partial charge is 0.444 e. The van der Waals surface area contributed by atoms with Crippen molar-refractivity contribution in [1.29, 1.82) is 0 Å². The SMILES string of the molecule is Cc1ccc2nc([C@@H]3CCCN3C(=O)[C@@H]3CCN(C(=O)OC(C)(C)C)C3)[nH]c2c1. The second kappa shape index (κ2) is 7.35. The number of aryl methyl sites for hydroxylation is 1. The number of nitrogens with one attached hydrogen (secondary N) is 1. The molecule has 0 unspecified atom stereocenters. The van der Waals surface area contributed by atoms with Crippen molar-refractivity contribution in [3.8, 4) is 0 Å². The lowest BCUT2D eigenvalue weighted by atomic mass is 10.1. The van der Waals surface area contributed by atoms with Gasteiger partial charge in [0.05, 0.1) is 23.0 Å².